The third-order valence-electron chi connectivity index (χ3n) is 2.54. The quantitative estimate of drug-likeness (QED) is 0.746. The van der Waals surface area contributed by atoms with Crippen molar-refractivity contribution in [3.05, 3.63) is 23.4 Å². The third kappa shape index (κ3) is 5.38. The zero-order chi connectivity index (χ0) is 13.5. The Morgan fingerprint density at radius 1 is 1.39 bits per heavy atom. The summed E-state index contributed by atoms with van der Waals surface area (Å²) in [5, 5.41) is 13.7. The lowest BCUT2D eigenvalue weighted by Gasteiger charge is -2.11. The molecular weight excluding hydrogens is 244 g/mol. The summed E-state index contributed by atoms with van der Waals surface area (Å²) in [6, 6.07) is 2.17. The van der Waals surface area contributed by atoms with Crippen LogP contribution < -0.4 is 5.32 Å². The summed E-state index contributed by atoms with van der Waals surface area (Å²) in [6.07, 6.45) is 1.92. The molecule has 0 saturated carbocycles. The Balaban J connectivity index is 2.56. The van der Waals surface area contributed by atoms with Crippen molar-refractivity contribution < 1.29 is 5.11 Å². The van der Waals surface area contributed by atoms with Gasteiger partial charge in [-0.05, 0) is 30.5 Å². The molecule has 0 aliphatic carbocycles. The molecule has 1 aromatic rings. The van der Waals surface area contributed by atoms with Gasteiger partial charge in [-0.3, -0.25) is 0 Å². The molecule has 0 fully saturated rings. The van der Waals surface area contributed by atoms with Gasteiger partial charge in [0.05, 0.1) is 11.6 Å². The molecule has 102 valence electrons. The molecule has 1 unspecified atom stereocenters. The Morgan fingerprint density at radius 2 is 2.11 bits per heavy atom. The molecule has 0 radical (unpaired) electrons. The van der Waals surface area contributed by atoms with Crippen molar-refractivity contribution in [1.29, 1.82) is 0 Å². The van der Waals surface area contributed by atoms with Crippen LogP contribution in [-0.2, 0) is 6.54 Å². The highest BCUT2D eigenvalue weighted by Gasteiger charge is 2.07. The summed E-state index contributed by atoms with van der Waals surface area (Å²) in [6.45, 7) is 10.6. The molecule has 3 nitrogen and oxygen atoms in total. The molecule has 2 N–H and O–H groups in total. The van der Waals surface area contributed by atoms with E-state index in [-0.39, 0.29) is 11.9 Å². The summed E-state index contributed by atoms with van der Waals surface area (Å²) in [5.74, 6) is 0.666. The molecule has 4 heteroatoms. The smallest absolute Gasteiger partial charge is 0.0992 e. The summed E-state index contributed by atoms with van der Waals surface area (Å²) < 4.78 is 0. The van der Waals surface area contributed by atoms with Gasteiger partial charge in [0.2, 0.25) is 0 Å². The minimum Gasteiger partial charge on any atom is -0.395 e. The zero-order valence-electron chi connectivity index (χ0n) is 11.7. The van der Waals surface area contributed by atoms with Gasteiger partial charge in [0, 0.05) is 18.0 Å². The van der Waals surface area contributed by atoms with E-state index in [0.717, 1.165) is 18.1 Å². The van der Waals surface area contributed by atoms with Crippen molar-refractivity contribution in [3.63, 3.8) is 0 Å². The maximum absolute atomic E-state index is 9.05. The molecule has 0 spiro atoms. The summed E-state index contributed by atoms with van der Waals surface area (Å²) in [4.78, 5) is 4.48. The lowest BCUT2D eigenvalue weighted by atomic mass is 10.2. The number of aliphatic hydroxyl groups is 1. The Hall–Kier alpha value is -0.580. The average Bonchev–Trinajstić information content (AvgIpc) is 2.32. The van der Waals surface area contributed by atoms with E-state index in [9.17, 15) is 0 Å². The van der Waals surface area contributed by atoms with Crippen LogP contribution >= 0.6 is 11.8 Å². The van der Waals surface area contributed by atoms with Crippen molar-refractivity contribution in [3.8, 4) is 0 Å². The first kappa shape index (κ1) is 15.5. The van der Waals surface area contributed by atoms with Gasteiger partial charge in [-0.1, -0.05) is 26.8 Å². The molecule has 1 atom stereocenters. The van der Waals surface area contributed by atoms with E-state index >= 15 is 0 Å². The Bertz CT molecular complexity index is 369. The Kier molecular flexibility index (Phi) is 6.68. The van der Waals surface area contributed by atoms with E-state index in [2.05, 4.69) is 37.1 Å². The second-order valence-electron chi connectivity index (χ2n) is 5.10. The molecule has 0 aromatic carbocycles. The average molecular weight is 268 g/mol. The largest absolute Gasteiger partial charge is 0.395 e. The van der Waals surface area contributed by atoms with Gasteiger partial charge < -0.3 is 10.4 Å². The van der Waals surface area contributed by atoms with Crippen LogP contribution in [0.15, 0.2) is 17.3 Å². The van der Waals surface area contributed by atoms with Crippen molar-refractivity contribution >= 4 is 11.8 Å². The highest BCUT2D eigenvalue weighted by atomic mass is 32.2. The molecule has 0 amide bonds. The summed E-state index contributed by atoms with van der Waals surface area (Å²) in [5.41, 5.74) is 2.40. The number of aliphatic hydroxyl groups excluding tert-OH is 1. The van der Waals surface area contributed by atoms with Crippen LogP contribution in [0.25, 0.3) is 0 Å². The van der Waals surface area contributed by atoms with Gasteiger partial charge in [0.25, 0.3) is 0 Å². The molecule has 18 heavy (non-hydrogen) atoms. The lowest BCUT2D eigenvalue weighted by molar-refractivity contribution is 0.300. The minimum absolute atomic E-state index is 0.184. The van der Waals surface area contributed by atoms with Crippen LogP contribution in [0.1, 0.15) is 31.9 Å². The number of rotatable bonds is 7. The Labute approximate surface area is 114 Å². The van der Waals surface area contributed by atoms with Gasteiger partial charge in [0.15, 0.2) is 0 Å². The first-order valence-electron chi connectivity index (χ1n) is 6.46. The molecule has 0 aliphatic rings. The number of nitrogens with zero attached hydrogens (tertiary/aromatic N) is 1. The number of aryl methyl sites for hydroxylation is 1. The van der Waals surface area contributed by atoms with E-state index in [1.54, 1.807) is 11.8 Å². The molecule has 0 bridgehead atoms. The second-order valence-corrected chi connectivity index (χ2v) is 6.53. The zero-order valence-corrected chi connectivity index (χ0v) is 12.5. The van der Waals surface area contributed by atoms with Gasteiger partial charge in [-0.25, -0.2) is 4.98 Å². The topological polar surface area (TPSA) is 45.2 Å². The molecule has 1 aromatic heterocycles. The molecule has 1 heterocycles. The molecule has 0 aliphatic heterocycles. The normalized spacial score (nSPS) is 13.0. The van der Waals surface area contributed by atoms with E-state index in [0.29, 0.717) is 5.92 Å². The van der Waals surface area contributed by atoms with Crippen LogP contribution in [0.5, 0.6) is 0 Å². The first-order valence-corrected chi connectivity index (χ1v) is 7.34. The van der Waals surface area contributed by atoms with Crippen LogP contribution in [0.2, 0.25) is 0 Å². The van der Waals surface area contributed by atoms with Crippen LogP contribution in [0.4, 0.5) is 0 Å². The highest BCUT2D eigenvalue weighted by Crippen LogP contribution is 2.24. The van der Waals surface area contributed by atoms with Gasteiger partial charge >= 0.3 is 0 Å². The summed E-state index contributed by atoms with van der Waals surface area (Å²) in [7, 11) is 0. The number of hydrogen-bond donors (Lipinski definition) is 2. The van der Waals surface area contributed by atoms with E-state index in [4.69, 9.17) is 5.11 Å². The van der Waals surface area contributed by atoms with E-state index in [1.165, 1.54) is 11.1 Å². The second kappa shape index (κ2) is 7.77. The highest BCUT2D eigenvalue weighted by molar-refractivity contribution is 7.99. The Morgan fingerprint density at radius 3 is 2.67 bits per heavy atom. The monoisotopic (exact) mass is 268 g/mol. The van der Waals surface area contributed by atoms with E-state index in [1.807, 2.05) is 13.1 Å². The predicted molar refractivity (Wildman–Crippen MR) is 77.9 cm³/mol. The lowest BCUT2D eigenvalue weighted by Crippen LogP contribution is -2.19. The van der Waals surface area contributed by atoms with Gasteiger partial charge in [0.1, 0.15) is 0 Å². The molecule has 0 saturated heterocycles. The predicted octanol–water partition coefficient (Wildman–Crippen LogP) is 2.61. The van der Waals surface area contributed by atoms with E-state index < -0.39 is 0 Å². The van der Waals surface area contributed by atoms with Gasteiger partial charge in [-0.15, -0.1) is 11.8 Å². The van der Waals surface area contributed by atoms with Gasteiger partial charge in [-0.2, -0.15) is 0 Å². The number of hydrogen-bond acceptors (Lipinski definition) is 4. The van der Waals surface area contributed by atoms with Crippen LogP contribution in [-0.4, -0.2) is 28.5 Å². The van der Waals surface area contributed by atoms with Crippen molar-refractivity contribution in [2.45, 2.75) is 44.5 Å². The van der Waals surface area contributed by atoms with Crippen molar-refractivity contribution in [1.82, 2.24) is 10.3 Å². The van der Waals surface area contributed by atoms with Crippen molar-refractivity contribution in [2.24, 2.45) is 5.92 Å². The first-order chi connectivity index (χ1) is 8.52. The number of nitrogens with one attached hydrogen (secondary N) is 1. The fourth-order valence-electron chi connectivity index (χ4n) is 1.57. The van der Waals surface area contributed by atoms with Crippen LogP contribution in [0.3, 0.4) is 0 Å². The van der Waals surface area contributed by atoms with Crippen molar-refractivity contribution in [2.75, 3.05) is 13.2 Å². The standard InChI is InChI=1S/C14H24N2OS/c1-10(2)6-15-7-13-5-11(3)14(16-8-13)18-12(4)9-17/h5,8,10,12,15,17H,6-7,9H2,1-4H3. The number of pyridine rings is 1. The summed E-state index contributed by atoms with van der Waals surface area (Å²) >= 11 is 1.63. The number of aromatic nitrogens is 1. The molecular formula is C14H24N2OS. The SMILES string of the molecule is Cc1cc(CNCC(C)C)cnc1SC(C)CO. The maximum atomic E-state index is 9.05. The van der Waals surface area contributed by atoms with Crippen LogP contribution in [0, 0.1) is 12.8 Å². The third-order valence-corrected chi connectivity index (χ3v) is 3.74. The fraction of sp³-hybridized carbons (Fsp3) is 0.643. The maximum Gasteiger partial charge on any atom is 0.0992 e. The molecule has 1 rings (SSSR count). The number of thioether (sulfide) groups is 1. The fourth-order valence-corrected chi connectivity index (χ4v) is 2.39. The minimum atomic E-state index is 0.184.